The molecule has 0 spiro atoms. The first kappa shape index (κ1) is 25.1. The number of hydrogen-bond acceptors (Lipinski definition) is 9. The number of ether oxygens (including phenoxy) is 2. The lowest BCUT2D eigenvalue weighted by Crippen LogP contribution is -2.74. The number of nitro benzene ring substituents is 1. The van der Waals surface area contributed by atoms with E-state index < -0.39 is 22.5 Å². The van der Waals surface area contributed by atoms with Crippen LogP contribution in [0.1, 0.15) is 13.3 Å². The van der Waals surface area contributed by atoms with E-state index in [9.17, 15) is 19.7 Å². The molecule has 11 nitrogen and oxygen atoms in total. The molecule has 0 aliphatic carbocycles. The Kier molecular flexibility index (Phi) is 6.84. The quantitative estimate of drug-likeness (QED) is 0.319. The summed E-state index contributed by atoms with van der Waals surface area (Å²) < 4.78 is 10.9. The lowest BCUT2D eigenvalue weighted by molar-refractivity contribution is -0.384. The van der Waals surface area contributed by atoms with Crippen molar-refractivity contribution < 1.29 is 24.0 Å². The summed E-state index contributed by atoms with van der Waals surface area (Å²) in [6.07, 6.45) is 0.432. The van der Waals surface area contributed by atoms with Gasteiger partial charge in [-0.3, -0.25) is 19.8 Å². The number of hydrazone groups is 1. The number of esters is 1. The Balaban J connectivity index is 1.65. The SMILES string of the molecule is CCOC(=O)C1=NN(c2ccc(Cl)cc2)C2(N3CCOCC3)C(=O)N(c3ccc([N+](=O)[O-])cc3)CCC12. The molecule has 194 valence electrons. The Hall–Kier alpha value is -3.54. The number of fused-ring (bicyclic) bond motifs is 1. The van der Waals surface area contributed by atoms with E-state index in [4.69, 9.17) is 26.2 Å². The number of halogens is 1. The number of benzene rings is 2. The van der Waals surface area contributed by atoms with Gasteiger partial charge in [0.2, 0.25) is 5.66 Å². The Bertz CT molecular complexity index is 1230. The molecule has 5 rings (SSSR count). The fraction of sp³-hybridized carbons (Fsp3) is 0.400. The number of anilines is 2. The average Bonchev–Trinajstić information content (AvgIpc) is 3.27. The molecule has 0 saturated carbocycles. The number of non-ortho nitro benzene ring substituents is 1. The molecule has 0 N–H and O–H groups in total. The number of amides is 1. The maximum Gasteiger partial charge on any atom is 0.354 e. The van der Waals surface area contributed by atoms with Crippen LogP contribution in [0.25, 0.3) is 0 Å². The van der Waals surface area contributed by atoms with Crippen molar-refractivity contribution in [3.8, 4) is 0 Å². The van der Waals surface area contributed by atoms with E-state index in [1.165, 1.54) is 12.1 Å². The molecule has 3 aliphatic heterocycles. The number of morpholine rings is 1. The van der Waals surface area contributed by atoms with Crippen LogP contribution in [0.5, 0.6) is 0 Å². The number of hydrogen-bond donors (Lipinski definition) is 0. The maximum absolute atomic E-state index is 14.6. The summed E-state index contributed by atoms with van der Waals surface area (Å²) in [7, 11) is 0. The first-order valence-electron chi connectivity index (χ1n) is 12.1. The van der Waals surface area contributed by atoms with Crippen LogP contribution >= 0.6 is 11.6 Å². The highest BCUT2D eigenvalue weighted by atomic mass is 35.5. The summed E-state index contributed by atoms with van der Waals surface area (Å²) >= 11 is 6.15. The van der Waals surface area contributed by atoms with E-state index >= 15 is 0 Å². The second-order valence-electron chi connectivity index (χ2n) is 8.89. The van der Waals surface area contributed by atoms with Crippen LogP contribution in [-0.2, 0) is 19.1 Å². The summed E-state index contributed by atoms with van der Waals surface area (Å²) in [4.78, 5) is 42.0. The summed E-state index contributed by atoms with van der Waals surface area (Å²) in [6, 6.07) is 12.8. The zero-order valence-electron chi connectivity index (χ0n) is 20.2. The van der Waals surface area contributed by atoms with Crippen molar-refractivity contribution in [3.63, 3.8) is 0 Å². The van der Waals surface area contributed by atoms with Gasteiger partial charge in [0.15, 0.2) is 5.71 Å². The summed E-state index contributed by atoms with van der Waals surface area (Å²) in [6.45, 7) is 3.95. The van der Waals surface area contributed by atoms with Crippen molar-refractivity contribution in [3.05, 3.63) is 63.7 Å². The minimum Gasteiger partial charge on any atom is -0.461 e. The van der Waals surface area contributed by atoms with Gasteiger partial charge in [0.05, 0.1) is 36.3 Å². The molecule has 2 atom stereocenters. The second-order valence-corrected chi connectivity index (χ2v) is 9.33. The molecule has 0 radical (unpaired) electrons. The minimum absolute atomic E-state index is 0.0643. The van der Waals surface area contributed by atoms with Gasteiger partial charge in [0.1, 0.15) is 0 Å². The van der Waals surface area contributed by atoms with Crippen LogP contribution in [0.2, 0.25) is 5.02 Å². The smallest absolute Gasteiger partial charge is 0.354 e. The minimum atomic E-state index is -1.36. The maximum atomic E-state index is 14.6. The van der Waals surface area contributed by atoms with E-state index in [0.717, 1.165) is 0 Å². The Morgan fingerprint density at radius 2 is 1.78 bits per heavy atom. The van der Waals surface area contributed by atoms with Gasteiger partial charge < -0.3 is 14.4 Å². The number of nitrogens with zero attached hydrogens (tertiary/aromatic N) is 5. The topological polar surface area (TPSA) is 118 Å². The van der Waals surface area contributed by atoms with Crippen molar-refractivity contribution in [1.82, 2.24) is 4.90 Å². The predicted octanol–water partition coefficient (Wildman–Crippen LogP) is 3.07. The number of carbonyl (C=O) groups is 2. The molecule has 3 heterocycles. The van der Waals surface area contributed by atoms with E-state index in [1.807, 2.05) is 4.90 Å². The Labute approximate surface area is 218 Å². The lowest BCUT2D eigenvalue weighted by atomic mass is 9.79. The van der Waals surface area contributed by atoms with Crippen LogP contribution in [0.15, 0.2) is 53.6 Å². The molecule has 2 saturated heterocycles. The summed E-state index contributed by atoms with van der Waals surface area (Å²) in [5.74, 6) is -1.40. The van der Waals surface area contributed by atoms with Gasteiger partial charge in [-0.25, -0.2) is 9.80 Å². The first-order valence-corrected chi connectivity index (χ1v) is 12.5. The van der Waals surface area contributed by atoms with Crippen molar-refractivity contribution in [2.75, 3.05) is 49.4 Å². The summed E-state index contributed by atoms with van der Waals surface area (Å²) in [5, 5.41) is 18.0. The third kappa shape index (κ3) is 4.22. The number of piperidine rings is 1. The van der Waals surface area contributed by atoms with Crippen LogP contribution in [0, 0.1) is 16.0 Å². The van der Waals surface area contributed by atoms with Crippen LogP contribution in [0.3, 0.4) is 0 Å². The number of nitro groups is 1. The molecule has 0 aromatic heterocycles. The highest BCUT2D eigenvalue weighted by molar-refractivity contribution is 6.40. The van der Waals surface area contributed by atoms with E-state index in [1.54, 1.807) is 53.2 Å². The van der Waals surface area contributed by atoms with Gasteiger partial charge in [0.25, 0.3) is 11.6 Å². The molecule has 2 aromatic rings. The van der Waals surface area contributed by atoms with Gasteiger partial charge >= 0.3 is 5.97 Å². The number of carbonyl (C=O) groups excluding carboxylic acids is 2. The zero-order valence-corrected chi connectivity index (χ0v) is 21.0. The Morgan fingerprint density at radius 1 is 1.14 bits per heavy atom. The monoisotopic (exact) mass is 527 g/mol. The standard InChI is InChI=1S/C25H26ClN5O6/c1-2-37-23(32)22-21-11-12-29(18-7-9-20(10-8-18)31(34)35)24(33)25(21,28-13-15-36-16-14-28)30(27-22)19-5-3-17(26)4-6-19/h3-10,21H,2,11-16H2,1H3. The van der Waals surface area contributed by atoms with E-state index in [-0.39, 0.29) is 23.9 Å². The van der Waals surface area contributed by atoms with Gasteiger partial charge in [-0.1, -0.05) is 11.6 Å². The normalized spacial score (nSPS) is 24.0. The molecule has 12 heteroatoms. The molecule has 37 heavy (non-hydrogen) atoms. The molecule has 2 unspecified atom stereocenters. The molecule has 3 aliphatic rings. The van der Waals surface area contributed by atoms with E-state index in [0.29, 0.717) is 55.7 Å². The molecule has 2 fully saturated rings. The third-order valence-electron chi connectivity index (χ3n) is 6.97. The fourth-order valence-corrected chi connectivity index (χ4v) is 5.47. The van der Waals surface area contributed by atoms with Crippen LogP contribution in [0.4, 0.5) is 17.1 Å². The first-order chi connectivity index (χ1) is 17.9. The van der Waals surface area contributed by atoms with Crippen molar-refractivity contribution in [2.24, 2.45) is 11.0 Å². The van der Waals surface area contributed by atoms with Crippen molar-refractivity contribution in [1.29, 1.82) is 0 Å². The van der Waals surface area contributed by atoms with Gasteiger partial charge in [0, 0.05) is 42.5 Å². The zero-order chi connectivity index (χ0) is 26.2. The average molecular weight is 528 g/mol. The molecule has 0 bridgehead atoms. The second kappa shape index (κ2) is 10.1. The predicted molar refractivity (Wildman–Crippen MR) is 137 cm³/mol. The van der Waals surface area contributed by atoms with Crippen LogP contribution < -0.4 is 9.91 Å². The van der Waals surface area contributed by atoms with Crippen molar-refractivity contribution in [2.45, 2.75) is 19.0 Å². The van der Waals surface area contributed by atoms with Gasteiger partial charge in [-0.15, -0.1) is 0 Å². The van der Waals surface area contributed by atoms with Crippen molar-refractivity contribution >= 4 is 46.3 Å². The van der Waals surface area contributed by atoms with E-state index in [2.05, 4.69) is 0 Å². The third-order valence-corrected chi connectivity index (χ3v) is 7.22. The highest BCUT2D eigenvalue weighted by Gasteiger charge is 2.65. The molecular formula is C25H26ClN5O6. The van der Waals surface area contributed by atoms with Gasteiger partial charge in [-0.05, 0) is 49.7 Å². The molecule has 1 amide bonds. The highest BCUT2D eigenvalue weighted by Crippen LogP contribution is 2.47. The number of rotatable bonds is 6. The Morgan fingerprint density at radius 3 is 2.41 bits per heavy atom. The fourth-order valence-electron chi connectivity index (χ4n) is 5.35. The molecule has 2 aromatic carbocycles. The molecular weight excluding hydrogens is 502 g/mol. The summed E-state index contributed by atoms with van der Waals surface area (Å²) in [5.41, 5.74) is -0.105. The van der Waals surface area contributed by atoms with Gasteiger partial charge in [-0.2, -0.15) is 5.10 Å². The largest absolute Gasteiger partial charge is 0.461 e. The lowest BCUT2D eigenvalue weighted by Gasteiger charge is -2.53. The van der Waals surface area contributed by atoms with Crippen LogP contribution in [-0.4, -0.2) is 72.5 Å².